The molecule has 2 aliphatic rings. The number of amides is 2. The van der Waals surface area contributed by atoms with E-state index in [4.69, 9.17) is 32.7 Å². The number of carbonyl (C=O) groups is 1. The Morgan fingerprint density at radius 2 is 2.10 bits per heavy atom. The number of carbonyl (C=O) groups excluding carboxylic acids is 1. The summed E-state index contributed by atoms with van der Waals surface area (Å²) in [7, 11) is 0. The van der Waals surface area contributed by atoms with Crippen molar-refractivity contribution >= 4 is 40.7 Å². The van der Waals surface area contributed by atoms with Crippen molar-refractivity contribution in [1.29, 1.82) is 0 Å². The van der Waals surface area contributed by atoms with Crippen molar-refractivity contribution in [3.63, 3.8) is 0 Å². The molecular weight excluding hydrogens is 315 g/mol. The number of anilines is 1. The van der Waals surface area contributed by atoms with E-state index in [1.54, 1.807) is 18.4 Å². The second-order valence-electron chi connectivity index (χ2n) is 4.75. The largest absolute Gasteiger partial charge is 0.459 e. The fraction of sp³-hybridized carbons (Fsp3) is 0.357. The minimum atomic E-state index is -0.276. The lowest BCUT2D eigenvalue weighted by Crippen LogP contribution is -2.28. The van der Waals surface area contributed by atoms with Gasteiger partial charge in [0.2, 0.25) is 6.29 Å². The summed E-state index contributed by atoms with van der Waals surface area (Å²) in [4.78, 5) is 13.3. The van der Waals surface area contributed by atoms with Crippen molar-refractivity contribution in [3.05, 3.63) is 34.0 Å². The first kappa shape index (κ1) is 14.4. The molecule has 1 saturated heterocycles. The van der Waals surface area contributed by atoms with E-state index in [1.165, 1.54) is 4.90 Å². The second-order valence-corrected chi connectivity index (χ2v) is 5.56. The molecule has 1 fully saturated rings. The molecule has 5 nitrogen and oxygen atoms in total. The minimum absolute atomic E-state index is 0.197. The predicted molar refractivity (Wildman–Crippen MR) is 81.4 cm³/mol. The van der Waals surface area contributed by atoms with E-state index in [1.807, 2.05) is 6.92 Å². The Bertz CT molecular complexity index is 595. The summed E-state index contributed by atoms with van der Waals surface area (Å²) in [6.07, 6.45) is 2.02. The molecule has 1 atom stereocenters. The van der Waals surface area contributed by atoms with Crippen LogP contribution in [0.5, 0.6) is 0 Å². The van der Waals surface area contributed by atoms with Gasteiger partial charge in [0.1, 0.15) is 6.26 Å². The van der Waals surface area contributed by atoms with Crippen molar-refractivity contribution < 1.29 is 14.3 Å². The molecule has 1 N–H and O–H groups in total. The highest BCUT2D eigenvalue weighted by Crippen LogP contribution is 2.38. The molecule has 112 valence electrons. The Balaban J connectivity index is 1.92. The molecule has 21 heavy (non-hydrogen) atoms. The van der Waals surface area contributed by atoms with Crippen molar-refractivity contribution in [2.45, 2.75) is 19.6 Å². The first-order valence-corrected chi connectivity index (χ1v) is 7.42. The van der Waals surface area contributed by atoms with Crippen LogP contribution in [0.15, 0.2) is 18.4 Å². The molecule has 0 aromatic heterocycles. The number of ether oxygens (including phenoxy) is 2. The number of rotatable bonds is 3. The first-order chi connectivity index (χ1) is 10.1. The molecule has 7 heteroatoms. The fourth-order valence-electron chi connectivity index (χ4n) is 2.30. The van der Waals surface area contributed by atoms with Crippen LogP contribution in [0.25, 0.3) is 5.76 Å². The number of urea groups is 1. The standard InChI is InChI=1S/C14H14Cl2N2O3/c1-2-12-20-7-11(21-12)8-5-9(15)13(10(16)6-8)18-4-3-17-14(18)19/h5-7,12H,2-4H2,1H3,(H,17,19). The van der Waals surface area contributed by atoms with Gasteiger partial charge in [0.05, 0.1) is 15.7 Å². The third kappa shape index (κ3) is 2.63. The summed E-state index contributed by atoms with van der Waals surface area (Å²) < 4.78 is 11.0. The number of hydrogen-bond donors (Lipinski definition) is 1. The van der Waals surface area contributed by atoms with E-state index in [9.17, 15) is 4.79 Å². The van der Waals surface area contributed by atoms with Crippen LogP contribution in [-0.4, -0.2) is 25.4 Å². The van der Waals surface area contributed by atoms with Crippen molar-refractivity contribution in [2.75, 3.05) is 18.0 Å². The Morgan fingerprint density at radius 1 is 1.38 bits per heavy atom. The van der Waals surface area contributed by atoms with Crippen LogP contribution in [0.3, 0.4) is 0 Å². The smallest absolute Gasteiger partial charge is 0.322 e. The lowest BCUT2D eigenvalue weighted by molar-refractivity contribution is -0.0168. The molecule has 0 spiro atoms. The third-order valence-electron chi connectivity index (χ3n) is 3.35. The van der Waals surface area contributed by atoms with E-state index in [0.717, 1.165) is 12.0 Å². The van der Waals surface area contributed by atoms with Gasteiger partial charge in [-0.2, -0.15) is 0 Å². The van der Waals surface area contributed by atoms with Crippen molar-refractivity contribution in [1.82, 2.24) is 5.32 Å². The van der Waals surface area contributed by atoms with Crippen molar-refractivity contribution in [3.8, 4) is 0 Å². The van der Waals surface area contributed by atoms with E-state index in [-0.39, 0.29) is 12.3 Å². The number of hydrogen-bond acceptors (Lipinski definition) is 3. The average Bonchev–Trinajstić information content (AvgIpc) is 3.07. The molecule has 2 aliphatic heterocycles. The molecular formula is C14H14Cl2N2O3. The molecule has 1 aromatic rings. The molecule has 0 saturated carbocycles. The summed E-state index contributed by atoms with van der Waals surface area (Å²) in [6, 6.07) is 3.25. The van der Waals surface area contributed by atoms with Crippen LogP contribution in [-0.2, 0) is 9.47 Å². The zero-order chi connectivity index (χ0) is 15.0. The van der Waals surface area contributed by atoms with E-state index >= 15 is 0 Å². The van der Waals surface area contributed by atoms with Gasteiger partial charge in [-0.3, -0.25) is 4.90 Å². The average molecular weight is 329 g/mol. The van der Waals surface area contributed by atoms with Gasteiger partial charge < -0.3 is 14.8 Å². The lowest BCUT2D eigenvalue weighted by Gasteiger charge is -2.18. The quantitative estimate of drug-likeness (QED) is 0.922. The summed E-state index contributed by atoms with van der Waals surface area (Å²) in [5.41, 5.74) is 1.24. The maximum Gasteiger partial charge on any atom is 0.322 e. The fourth-order valence-corrected chi connectivity index (χ4v) is 2.99. The third-order valence-corrected chi connectivity index (χ3v) is 3.92. The van der Waals surface area contributed by atoms with Gasteiger partial charge >= 0.3 is 6.03 Å². The van der Waals surface area contributed by atoms with E-state index in [0.29, 0.717) is 34.6 Å². The van der Waals surface area contributed by atoms with Gasteiger partial charge in [0.25, 0.3) is 0 Å². The maximum absolute atomic E-state index is 11.7. The molecule has 1 unspecified atom stereocenters. The second kappa shape index (κ2) is 5.66. The summed E-state index contributed by atoms with van der Waals surface area (Å²) in [6.45, 7) is 3.09. The Morgan fingerprint density at radius 3 is 2.62 bits per heavy atom. The first-order valence-electron chi connectivity index (χ1n) is 6.67. The summed E-state index contributed by atoms with van der Waals surface area (Å²) in [5, 5.41) is 3.52. The van der Waals surface area contributed by atoms with Gasteiger partial charge in [-0.1, -0.05) is 30.1 Å². The van der Waals surface area contributed by atoms with Gasteiger partial charge in [0, 0.05) is 25.1 Å². The van der Waals surface area contributed by atoms with Crippen LogP contribution in [0.4, 0.5) is 10.5 Å². The van der Waals surface area contributed by atoms with Crippen LogP contribution in [0.1, 0.15) is 18.9 Å². The minimum Gasteiger partial charge on any atom is -0.459 e. The van der Waals surface area contributed by atoms with Gasteiger partial charge in [-0.05, 0) is 12.1 Å². The van der Waals surface area contributed by atoms with Gasteiger partial charge in [0.15, 0.2) is 5.76 Å². The number of nitrogens with zero attached hydrogens (tertiary/aromatic N) is 1. The van der Waals surface area contributed by atoms with E-state index in [2.05, 4.69) is 5.32 Å². The van der Waals surface area contributed by atoms with Crippen LogP contribution in [0, 0.1) is 0 Å². The van der Waals surface area contributed by atoms with Crippen LogP contribution >= 0.6 is 23.2 Å². The number of nitrogens with one attached hydrogen (secondary N) is 1. The lowest BCUT2D eigenvalue weighted by atomic mass is 10.1. The van der Waals surface area contributed by atoms with E-state index < -0.39 is 0 Å². The monoisotopic (exact) mass is 328 g/mol. The summed E-state index contributed by atoms with van der Waals surface area (Å²) >= 11 is 12.6. The van der Waals surface area contributed by atoms with Gasteiger partial charge in [-0.25, -0.2) is 4.79 Å². The molecule has 2 amide bonds. The van der Waals surface area contributed by atoms with Crippen LogP contribution in [0.2, 0.25) is 10.0 Å². The molecule has 3 rings (SSSR count). The molecule has 2 heterocycles. The topological polar surface area (TPSA) is 50.8 Å². The highest BCUT2D eigenvalue weighted by Gasteiger charge is 2.27. The predicted octanol–water partition coefficient (Wildman–Crippen LogP) is 3.60. The molecule has 0 aliphatic carbocycles. The number of halogens is 2. The summed E-state index contributed by atoms with van der Waals surface area (Å²) in [5.74, 6) is 0.586. The van der Waals surface area contributed by atoms with Crippen molar-refractivity contribution in [2.24, 2.45) is 0 Å². The molecule has 0 bridgehead atoms. The zero-order valence-electron chi connectivity index (χ0n) is 11.4. The molecule has 1 aromatic carbocycles. The highest BCUT2D eigenvalue weighted by molar-refractivity contribution is 6.40. The number of benzene rings is 1. The Hall–Kier alpha value is -1.59. The highest BCUT2D eigenvalue weighted by atomic mass is 35.5. The SMILES string of the molecule is CCC1OC=C(c2cc(Cl)c(N3CCNC3=O)c(Cl)c2)O1. The Labute approximate surface area is 132 Å². The molecule has 0 radical (unpaired) electrons. The zero-order valence-corrected chi connectivity index (χ0v) is 12.9. The van der Waals surface area contributed by atoms with Crippen LogP contribution < -0.4 is 10.2 Å². The van der Waals surface area contributed by atoms with Gasteiger partial charge in [-0.15, -0.1) is 0 Å². The maximum atomic E-state index is 11.7. The Kier molecular flexibility index (Phi) is 3.87. The normalized spacial score (nSPS) is 20.9.